The molecule has 2 heterocycles. The van der Waals surface area contributed by atoms with Crippen LogP contribution in [0.3, 0.4) is 0 Å². The maximum Gasteiger partial charge on any atom is 0.138 e. The largest absolute Gasteiger partial charge is 0.300 e. The standard InChI is InChI=1S/C25H25FN4O/c1-2-20(31)13-16-6-9-19(12-16)30-24(15-28-29-30)23-11-8-18(14-27-23)22-10-7-17-4-3-5-21(17)25(22)26/h3,5,7-8,10-11,14-16,19H,2,4,6,9,12-13H2,1H3/t16-,19+/m0/s1. The Morgan fingerprint density at radius 3 is 2.90 bits per heavy atom. The van der Waals surface area contributed by atoms with Gasteiger partial charge in [-0.05, 0) is 43.2 Å². The van der Waals surface area contributed by atoms with Gasteiger partial charge in [-0.25, -0.2) is 9.07 Å². The first-order valence-corrected chi connectivity index (χ1v) is 11.0. The summed E-state index contributed by atoms with van der Waals surface area (Å²) in [6.45, 7) is 1.92. The van der Waals surface area contributed by atoms with Crippen LogP contribution < -0.4 is 0 Å². The molecule has 1 fully saturated rings. The first kappa shape index (κ1) is 19.8. The van der Waals surface area contributed by atoms with E-state index >= 15 is 0 Å². The van der Waals surface area contributed by atoms with Crippen molar-refractivity contribution in [2.75, 3.05) is 0 Å². The van der Waals surface area contributed by atoms with E-state index < -0.39 is 0 Å². The highest BCUT2D eigenvalue weighted by Crippen LogP contribution is 2.38. The van der Waals surface area contributed by atoms with Gasteiger partial charge in [0, 0.05) is 35.7 Å². The quantitative estimate of drug-likeness (QED) is 0.538. The zero-order chi connectivity index (χ0) is 21.4. The van der Waals surface area contributed by atoms with Crippen molar-refractivity contribution in [3.05, 3.63) is 59.7 Å². The second-order valence-corrected chi connectivity index (χ2v) is 8.53. The normalized spacial score (nSPS) is 19.7. The number of ketones is 1. The molecule has 0 bridgehead atoms. The van der Waals surface area contributed by atoms with Crippen LogP contribution in [0.5, 0.6) is 0 Å². The predicted molar refractivity (Wildman–Crippen MR) is 118 cm³/mol. The molecule has 0 saturated heterocycles. The number of fused-ring (bicyclic) bond motifs is 1. The van der Waals surface area contributed by atoms with Gasteiger partial charge in [0.15, 0.2) is 0 Å². The van der Waals surface area contributed by atoms with Crippen LogP contribution in [0.4, 0.5) is 4.39 Å². The molecular weight excluding hydrogens is 391 g/mol. The molecule has 158 valence electrons. The van der Waals surface area contributed by atoms with Crippen molar-refractivity contribution in [1.29, 1.82) is 0 Å². The van der Waals surface area contributed by atoms with Gasteiger partial charge in [-0.15, -0.1) is 5.10 Å². The highest BCUT2D eigenvalue weighted by Gasteiger charge is 2.29. The molecule has 0 amide bonds. The minimum absolute atomic E-state index is 0.189. The number of nitrogens with zero attached hydrogens (tertiary/aromatic N) is 4. The summed E-state index contributed by atoms with van der Waals surface area (Å²) in [5.74, 6) is 0.559. The van der Waals surface area contributed by atoms with Gasteiger partial charge in [0.2, 0.25) is 0 Å². The number of allylic oxidation sites excluding steroid dienone is 1. The molecule has 6 heteroatoms. The van der Waals surface area contributed by atoms with Gasteiger partial charge in [-0.3, -0.25) is 9.78 Å². The molecule has 0 spiro atoms. The van der Waals surface area contributed by atoms with E-state index in [2.05, 4.69) is 15.3 Å². The second-order valence-electron chi connectivity index (χ2n) is 8.53. The fourth-order valence-electron chi connectivity index (χ4n) is 4.84. The number of pyridine rings is 1. The van der Waals surface area contributed by atoms with Crippen molar-refractivity contribution in [3.8, 4) is 22.5 Å². The molecule has 3 aromatic rings. The van der Waals surface area contributed by atoms with Crippen LogP contribution >= 0.6 is 0 Å². The van der Waals surface area contributed by atoms with E-state index in [1.807, 2.05) is 48.0 Å². The lowest BCUT2D eigenvalue weighted by Gasteiger charge is -2.14. The lowest BCUT2D eigenvalue weighted by molar-refractivity contribution is -0.119. The van der Waals surface area contributed by atoms with Crippen molar-refractivity contribution in [1.82, 2.24) is 20.0 Å². The Labute approximate surface area is 181 Å². The van der Waals surface area contributed by atoms with Crippen LogP contribution in [0, 0.1) is 11.7 Å². The molecule has 2 aliphatic rings. The topological polar surface area (TPSA) is 60.7 Å². The first-order valence-electron chi connectivity index (χ1n) is 11.0. The number of hydrogen-bond donors (Lipinski definition) is 0. The Balaban J connectivity index is 1.37. The van der Waals surface area contributed by atoms with E-state index in [0.29, 0.717) is 35.7 Å². The number of carbonyl (C=O) groups is 1. The molecule has 2 aliphatic carbocycles. The maximum atomic E-state index is 14.9. The van der Waals surface area contributed by atoms with Crippen molar-refractivity contribution in [3.63, 3.8) is 0 Å². The molecule has 2 aromatic heterocycles. The molecule has 31 heavy (non-hydrogen) atoms. The molecule has 5 rings (SSSR count). The van der Waals surface area contributed by atoms with Gasteiger partial charge in [0.1, 0.15) is 17.3 Å². The Bertz CT molecular complexity index is 1150. The van der Waals surface area contributed by atoms with Gasteiger partial charge >= 0.3 is 0 Å². The Morgan fingerprint density at radius 2 is 2.10 bits per heavy atom. The van der Waals surface area contributed by atoms with E-state index in [-0.39, 0.29) is 11.9 Å². The smallest absolute Gasteiger partial charge is 0.138 e. The summed E-state index contributed by atoms with van der Waals surface area (Å²) in [7, 11) is 0. The summed E-state index contributed by atoms with van der Waals surface area (Å²) in [5, 5.41) is 8.43. The SMILES string of the molecule is CCC(=O)C[C@H]1CC[C@@H](n2nncc2-c2ccc(-c3ccc4c(c3F)C=CC4)cn2)C1. The van der Waals surface area contributed by atoms with E-state index in [1.165, 1.54) is 0 Å². The van der Waals surface area contributed by atoms with Gasteiger partial charge in [-0.2, -0.15) is 0 Å². The molecule has 0 aliphatic heterocycles. The van der Waals surface area contributed by atoms with Gasteiger partial charge in [0.05, 0.1) is 17.9 Å². The minimum Gasteiger partial charge on any atom is -0.300 e. The van der Waals surface area contributed by atoms with Crippen LogP contribution in [0.2, 0.25) is 0 Å². The zero-order valence-corrected chi connectivity index (χ0v) is 17.6. The van der Waals surface area contributed by atoms with Crippen molar-refractivity contribution < 1.29 is 9.18 Å². The third-order valence-electron chi connectivity index (χ3n) is 6.57. The van der Waals surface area contributed by atoms with Crippen LogP contribution in [0.1, 0.15) is 56.2 Å². The Morgan fingerprint density at radius 1 is 1.19 bits per heavy atom. The predicted octanol–water partition coefficient (Wildman–Crippen LogP) is 5.43. The van der Waals surface area contributed by atoms with Crippen LogP contribution in [-0.4, -0.2) is 25.8 Å². The highest BCUT2D eigenvalue weighted by molar-refractivity contribution is 5.78. The summed E-state index contributed by atoms with van der Waals surface area (Å²) >= 11 is 0. The Hall–Kier alpha value is -3.15. The summed E-state index contributed by atoms with van der Waals surface area (Å²) < 4.78 is 16.9. The average molecular weight is 417 g/mol. The lowest BCUT2D eigenvalue weighted by Crippen LogP contribution is -2.11. The third-order valence-corrected chi connectivity index (χ3v) is 6.57. The fraction of sp³-hybridized carbons (Fsp3) is 0.360. The van der Waals surface area contributed by atoms with Crippen molar-refractivity contribution in [2.24, 2.45) is 5.92 Å². The molecule has 0 unspecified atom stereocenters. The molecule has 5 nitrogen and oxygen atoms in total. The highest BCUT2D eigenvalue weighted by atomic mass is 19.1. The number of carbonyl (C=O) groups excluding carboxylic acids is 1. The zero-order valence-electron chi connectivity index (χ0n) is 17.6. The molecule has 0 N–H and O–H groups in total. The molecule has 1 saturated carbocycles. The number of hydrogen-bond acceptors (Lipinski definition) is 4. The summed E-state index contributed by atoms with van der Waals surface area (Å²) in [4.78, 5) is 16.4. The van der Waals surface area contributed by atoms with Crippen LogP contribution in [-0.2, 0) is 11.2 Å². The van der Waals surface area contributed by atoms with Crippen molar-refractivity contribution in [2.45, 2.75) is 51.5 Å². The summed E-state index contributed by atoms with van der Waals surface area (Å²) in [5.41, 5.74) is 4.65. The number of Topliss-reactive ketones (excluding diaryl/α,β-unsaturated/α-hetero) is 1. The van der Waals surface area contributed by atoms with Crippen molar-refractivity contribution >= 4 is 11.9 Å². The number of benzene rings is 1. The number of aromatic nitrogens is 4. The average Bonchev–Trinajstić information content (AvgIpc) is 3.54. The maximum absolute atomic E-state index is 14.9. The van der Waals surface area contributed by atoms with E-state index in [9.17, 15) is 9.18 Å². The van der Waals surface area contributed by atoms with Gasteiger partial charge < -0.3 is 0 Å². The van der Waals surface area contributed by atoms with Crippen LogP contribution in [0.15, 0.2) is 42.7 Å². The molecule has 0 radical (unpaired) electrons. The van der Waals surface area contributed by atoms with Crippen LogP contribution in [0.25, 0.3) is 28.6 Å². The number of rotatable bonds is 6. The molecular formula is C25H25FN4O. The van der Waals surface area contributed by atoms with Gasteiger partial charge in [-0.1, -0.05) is 42.5 Å². The minimum atomic E-state index is -0.189. The van der Waals surface area contributed by atoms with Gasteiger partial charge in [0.25, 0.3) is 0 Å². The van der Waals surface area contributed by atoms with E-state index in [1.54, 1.807) is 12.4 Å². The number of halogens is 1. The second kappa shape index (κ2) is 8.17. The van der Waals surface area contributed by atoms with E-state index in [0.717, 1.165) is 48.2 Å². The summed E-state index contributed by atoms with van der Waals surface area (Å²) in [6, 6.07) is 7.86. The Kier molecular flexibility index (Phi) is 5.22. The lowest BCUT2D eigenvalue weighted by atomic mass is 9.99. The molecule has 1 aromatic carbocycles. The van der Waals surface area contributed by atoms with E-state index in [4.69, 9.17) is 0 Å². The first-order chi connectivity index (χ1) is 15.1. The monoisotopic (exact) mass is 416 g/mol. The summed E-state index contributed by atoms with van der Waals surface area (Å²) in [6.07, 6.45) is 12.3. The third kappa shape index (κ3) is 3.71. The fourth-order valence-corrected chi connectivity index (χ4v) is 4.84. The molecule has 2 atom stereocenters.